The highest BCUT2D eigenvalue weighted by Crippen LogP contribution is 2.21. The quantitative estimate of drug-likeness (QED) is 0.744. The number of carbonyl (C=O) groups excluding carboxylic acids is 1. The zero-order valence-electron chi connectivity index (χ0n) is 10.2. The molecule has 0 aromatic carbocycles. The molecule has 3 unspecified atom stereocenters. The molecular weight excluding hydrogens is 204 g/mol. The van der Waals surface area contributed by atoms with E-state index in [9.17, 15) is 4.79 Å². The first-order valence-electron chi connectivity index (χ1n) is 6.33. The van der Waals surface area contributed by atoms with Crippen molar-refractivity contribution in [2.45, 2.75) is 26.3 Å². The van der Waals surface area contributed by atoms with Crippen molar-refractivity contribution in [1.82, 2.24) is 10.2 Å². The van der Waals surface area contributed by atoms with Gasteiger partial charge in [0.2, 0.25) is 5.91 Å². The van der Waals surface area contributed by atoms with Crippen molar-refractivity contribution in [2.24, 2.45) is 11.8 Å². The summed E-state index contributed by atoms with van der Waals surface area (Å²) in [6.45, 7) is 8.25. The molecule has 2 rings (SSSR count). The van der Waals surface area contributed by atoms with Crippen LogP contribution in [0.15, 0.2) is 0 Å². The number of morpholine rings is 1. The van der Waals surface area contributed by atoms with Crippen molar-refractivity contribution in [1.29, 1.82) is 0 Å². The summed E-state index contributed by atoms with van der Waals surface area (Å²) in [5, 5.41) is 3.30. The van der Waals surface area contributed by atoms with E-state index in [1.54, 1.807) is 0 Å². The Morgan fingerprint density at radius 1 is 1.50 bits per heavy atom. The fourth-order valence-corrected chi connectivity index (χ4v) is 2.64. The van der Waals surface area contributed by atoms with Crippen molar-refractivity contribution in [3.05, 3.63) is 0 Å². The molecule has 0 saturated carbocycles. The van der Waals surface area contributed by atoms with Crippen LogP contribution in [-0.4, -0.2) is 49.7 Å². The smallest absolute Gasteiger partial charge is 0.227 e. The second-order valence-corrected chi connectivity index (χ2v) is 4.91. The molecule has 2 saturated heterocycles. The van der Waals surface area contributed by atoms with E-state index in [0.29, 0.717) is 25.0 Å². The predicted octanol–water partition coefficient (Wildman–Crippen LogP) is 0.479. The fraction of sp³-hybridized carbons (Fsp3) is 0.917. The first kappa shape index (κ1) is 11.9. The average Bonchev–Trinajstić information content (AvgIpc) is 2.74. The van der Waals surface area contributed by atoms with Gasteiger partial charge in [-0.2, -0.15) is 0 Å². The number of ether oxygens (including phenoxy) is 1. The Bertz CT molecular complexity index is 257. The van der Waals surface area contributed by atoms with E-state index in [4.69, 9.17) is 4.74 Å². The molecule has 2 heterocycles. The Hall–Kier alpha value is -0.610. The van der Waals surface area contributed by atoms with Gasteiger partial charge in [0.25, 0.3) is 0 Å². The number of rotatable bonds is 2. The molecule has 92 valence electrons. The molecule has 2 aliphatic heterocycles. The van der Waals surface area contributed by atoms with E-state index in [1.165, 1.54) is 0 Å². The van der Waals surface area contributed by atoms with E-state index in [-0.39, 0.29) is 12.0 Å². The largest absolute Gasteiger partial charge is 0.377 e. The van der Waals surface area contributed by atoms with Gasteiger partial charge in [0.1, 0.15) is 0 Å². The number of hydrogen-bond donors (Lipinski definition) is 1. The van der Waals surface area contributed by atoms with Crippen LogP contribution >= 0.6 is 0 Å². The Morgan fingerprint density at radius 2 is 2.31 bits per heavy atom. The summed E-state index contributed by atoms with van der Waals surface area (Å²) in [6.07, 6.45) is 0.986. The third-order valence-corrected chi connectivity index (χ3v) is 3.82. The van der Waals surface area contributed by atoms with E-state index in [0.717, 1.165) is 26.1 Å². The highest BCUT2D eigenvalue weighted by atomic mass is 16.5. The second-order valence-electron chi connectivity index (χ2n) is 4.91. The van der Waals surface area contributed by atoms with Gasteiger partial charge in [0.15, 0.2) is 0 Å². The standard InChI is InChI=1S/C12H22N2O2/c1-3-10-8-16-5-4-14(10)12(15)11-7-13-6-9(11)2/h9-11,13H,3-8H2,1-2H3. The van der Waals surface area contributed by atoms with Crippen LogP contribution in [0.2, 0.25) is 0 Å². The molecule has 2 fully saturated rings. The number of amides is 1. The maximum atomic E-state index is 12.4. The lowest BCUT2D eigenvalue weighted by atomic mass is 9.95. The summed E-state index contributed by atoms with van der Waals surface area (Å²) in [7, 11) is 0. The van der Waals surface area contributed by atoms with E-state index in [1.807, 2.05) is 4.90 Å². The second kappa shape index (κ2) is 5.15. The first-order valence-corrected chi connectivity index (χ1v) is 6.33. The molecule has 0 radical (unpaired) electrons. The molecule has 4 nitrogen and oxygen atoms in total. The Labute approximate surface area is 97.3 Å². The van der Waals surface area contributed by atoms with Gasteiger partial charge in [-0.25, -0.2) is 0 Å². The lowest BCUT2D eigenvalue weighted by Crippen LogP contribution is -2.51. The number of nitrogens with one attached hydrogen (secondary N) is 1. The molecule has 0 spiro atoms. The van der Waals surface area contributed by atoms with E-state index in [2.05, 4.69) is 19.2 Å². The lowest BCUT2D eigenvalue weighted by molar-refractivity contribution is -0.144. The maximum absolute atomic E-state index is 12.4. The summed E-state index contributed by atoms with van der Waals surface area (Å²) in [5.74, 6) is 0.965. The topological polar surface area (TPSA) is 41.6 Å². The van der Waals surface area contributed by atoms with Crippen LogP contribution in [0.5, 0.6) is 0 Å². The monoisotopic (exact) mass is 226 g/mol. The SMILES string of the molecule is CCC1COCCN1C(=O)C1CNCC1C. The summed E-state index contributed by atoms with van der Waals surface area (Å²) in [4.78, 5) is 14.4. The molecule has 16 heavy (non-hydrogen) atoms. The van der Waals surface area contributed by atoms with Gasteiger partial charge in [0.05, 0.1) is 25.2 Å². The van der Waals surface area contributed by atoms with Crippen LogP contribution in [0, 0.1) is 11.8 Å². The van der Waals surface area contributed by atoms with Crippen LogP contribution in [0.3, 0.4) is 0 Å². The number of hydrogen-bond acceptors (Lipinski definition) is 3. The minimum atomic E-state index is 0.173. The van der Waals surface area contributed by atoms with Gasteiger partial charge in [0, 0.05) is 13.1 Å². The molecular formula is C12H22N2O2. The Morgan fingerprint density at radius 3 is 2.94 bits per heavy atom. The summed E-state index contributed by atoms with van der Waals surface area (Å²) >= 11 is 0. The highest BCUT2D eigenvalue weighted by molar-refractivity contribution is 5.80. The molecule has 2 aliphatic rings. The molecule has 1 N–H and O–H groups in total. The highest BCUT2D eigenvalue weighted by Gasteiger charge is 2.36. The summed E-state index contributed by atoms with van der Waals surface area (Å²) in [5.41, 5.74) is 0. The third-order valence-electron chi connectivity index (χ3n) is 3.82. The third kappa shape index (κ3) is 2.23. The minimum absolute atomic E-state index is 0.173. The van der Waals surface area contributed by atoms with Crippen LogP contribution in [-0.2, 0) is 9.53 Å². The van der Waals surface area contributed by atoms with Crippen molar-refractivity contribution in [3.63, 3.8) is 0 Å². The average molecular weight is 226 g/mol. The molecule has 3 atom stereocenters. The number of nitrogens with zero attached hydrogens (tertiary/aromatic N) is 1. The zero-order chi connectivity index (χ0) is 11.5. The Kier molecular flexibility index (Phi) is 3.82. The molecule has 4 heteroatoms. The van der Waals surface area contributed by atoms with E-state index < -0.39 is 0 Å². The van der Waals surface area contributed by atoms with Crippen LogP contribution in [0.25, 0.3) is 0 Å². The fourth-order valence-electron chi connectivity index (χ4n) is 2.64. The predicted molar refractivity (Wildman–Crippen MR) is 62.1 cm³/mol. The van der Waals surface area contributed by atoms with Crippen molar-refractivity contribution >= 4 is 5.91 Å². The zero-order valence-corrected chi connectivity index (χ0v) is 10.2. The van der Waals surface area contributed by atoms with Crippen LogP contribution in [0.4, 0.5) is 0 Å². The van der Waals surface area contributed by atoms with Gasteiger partial charge < -0.3 is 15.0 Å². The van der Waals surface area contributed by atoms with Crippen LogP contribution < -0.4 is 5.32 Å². The minimum Gasteiger partial charge on any atom is -0.377 e. The molecule has 0 aromatic rings. The first-order chi connectivity index (χ1) is 7.74. The molecule has 0 bridgehead atoms. The van der Waals surface area contributed by atoms with Gasteiger partial charge in [-0.15, -0.1) is 0 Å². The molecule has 1 amide bonds. The molecule has 0 aromatic heterocycles. The van der Waals surface area contributed by atoms with Gasteiger partial charge in [-0.3, -0.25) is 4.79 Å². The van der Waals surface area contributed by atoms with Crippen molar-refractivity contribution < 1.29 is 9.53 Å². The van der Waals surface area contributed by atoms with Gasteiger partial charge in [-0.1, -0.05) is 13.8 Å². The summed E-state index contributed by atoms with van der Waals surface area (Å²) < 4.78 is 5.43. The summed E-state index contributed by atoms with van der Waals surface area (Å²) in [6, 6.07) is 0.286. The molecule has 0 aliphatic carbocycles. The van der Waals surface area contributed by atoms with Crippen molar-refractivity contribution in [3.8, 4) is 0 Å². The number of carbonyl (C=O) groups is 1. The van der Waals surface area contributed by atoms with E-state index >= 15 is 0 Å². The van der Waals surface area contributed by atoms with Gasteiger partial charge >= 0.3 is 0 Å². The normalized spacial score (nSPS) is 35.4. The van der Waals surface area contributed by atoms with Gasteiger partial charge in [-0.05, 0) is 18.9 Å². The van der Waals surface area contributed by atoms with Crippen LogP contribution in [0.1, 0.15) is 20.3 Å². The Balaban J connectivity index is 2.01. The maximum Gasteiger partial charge on any atom is 0.227 e. The lowest BCUT2D eigenvalue weighted by Gasteiger charge is -2.37. The van der Waals surface area contributed by atoms with Crippen molar-refractivity contribution in [2.75, 3.05) is 32.8 Å².